The Morgan fingerprint density at radius 1 is 0.882 bits per heavy atom. The van der Waals surface area contributed by atoms with E-state index >= 15 is 0 Å². The maximum Gasteiger partial charge on any atom is 0.332 e. The van der Waals surface area contributed by atoms with Gasteiger partial charge in [0.15, 0.2) is 22.7 Å². The van der Waals surface area contributed by atoms with Crippen LogP contribution in [0.2, 0.25) is 0 Å². The first kappa shape index (κ1) is 25.3. The standard InChI is InChI=1S/C24H32N4O6/c1-6-27-22-21(23(29)28(7-2)24(27)30)26(3)20(25-22)11-9-17-8-10-18(33-14-12-31-4)19(16-17)34-15-13-32-5/h8-11,16H,6-7,12-15H2,1-5H3/b11-9+. The highest BCUT2D eigenvalue weighted by Crippen LogP contribution is 2.29. The van der Waals surface area contributed by atoms with Crippen LogP contribution in [0.3, 0.4) is 0 Å². The van der Waals surface area contributed by atoms with E-state index in [2.05, 4.69) is 4.98 Å². The van der Waals surface area contributed by atoms with Gasteiger partial charge in [-0.05, 0) is 37.6 Å². The normalized spacial score (nSPS) is 11.6. The molecule has 0 saturated heterocycles. The summed E-state index contributed by atoms with van der Waals surface area (Å²) in [6.07, 6.45) is 3.68. The van der Waals surface area contributed by atoms with Crippen LogP contribution in [0.15, 0.2) is 27.8 Å². The SMILES string of the molecule is CCn1c(=O)c2c(nc(/C=C/c3ccc(OCCOC)c(OCCOC)c3)n2C)n(CC)c1=O. The number of imidazole rings is 1. The molecule has 0 atom stereocenters. The molecule has 3 aromatic rings. The third kappa shape index (κ3) is 5.23. The number of fused-ring (bicyclic) bond motifs is 1. The summed E-state index contributed by atoms with van der Waals surface area (Å²) in [4.78, 5) is 30.1. The molecule has 0 aliphatic rings. The summed E-state index contributed by atoms with van der Waals surface area (Å²) in [5.41, 5.74) is 0.951. The lowest BCUT2D eigenvalue weighted by Gasteiger charge is -2.13. The predicted molar refractivity (Wildman–Crippen MR) is 131 cm³/mol. The second kappa shape index (κ2) is 11.7. The minimum absolute atomic E-state index is 0.300. The van der Waals surface area contributed by atoms with E-state index in [1.165, 1.54) is 9.13 Å². The molecular weight excluding hydrogens is 440 g/mol. The van der Waals surface area contributed by atoms with Gasteiger partial charge >= 0.3 is 5.69 Å². The highest BCUT2D eigenvalue weighted by molar-refractivity contribution is 5.77. The Hall–Kier alpha value is -3.37. The smallest absolute Gasteiger partial charge is 0.332 e. The first-order chi connectivity index (χ1) is 16.5. The Morgan fingerprint density at radius 2 is 1.53 bits per heavy atom. The van der Waals surface area contributed by atoms with Crippen LogP contribution >= 0.6 is 0 Å². The zero-order valence-corrected chi connectivity index (χ0v) is 20.4. The maximum atomic E-state index is 12.9. The molecular formula is C24H32N4O6. The highest BCUT2D eigenvalue weighted by Gasteiger charge is 2.17. The molecule has 34 heavy (non-hydrogen) atoms. The molecule has 0 radical (unpaired) electrons. The van der Waals surface area contributed by atoms with Crippen molar-refractivity contribution in [2.24, 2.45) is 7.05 Å². The quantitative estimate of drug-likeness (QED) is 0.373. The van der Waals surface area contributed by atoms with Crippen LogP contribution in [-0.2, 0) is 29.6 Å². The lowest BCUT2D eigenvalue weighted by atomic mass is 10.2. The van der Waals surface area contributed by atoms with E-state index < -0.39 is 0 Å². The fraction of sp³-hybridized carbons (Fsp3) is 0.458. The first-order valence-electron chi connectivity index (χ1n) is 11.2. The van der Waals surface area contributed by atoms with Crippen molar-refractivity contribution in [2.75, 3.05) is 40.6 Å². The third-order valence-electron chi connectivity index (χ3n) is 5.39. The van der Waals surface area contributed by atoms with Crippen molar-refractivity contribution in [3.8, 4) is 11.5 Å². The zero-order valence-electron chi connectivity index (χ0n) is 20.4. The van der Waals surface area contributed by atoms with E-state index in [9.17, 15) is 9.59 Å². The number of aromatic nitrogens is 4. The molecule has 10 heteroatoms. The number of rotatable bonds is 12. The molecule has 2 heterocycles. The maximum absolute atomic E-state index is 12.9. The molecule has 0 aliphatic heterocycles. The number of benzene rings is 1. The van der Waals surface area contributed by atoms with Crippen LogP contribution in [-0.4, -0.2) is 59.3 Å². The molecule has 0 saturated carbocycles. The van der Waals surface area contributed by atoms with Gasteiger partial charge < -0.3 is 23.5 Å². The number of hydrogen-bond donors (Lipinski definition) is 0. The summed E-state index contributed by atoms with van der Waals surface area (Å²) < 4.78 is 26.2. The molecule has 0 bridgehead atoms. The monoisotopic (exact) mass is 472 g/mol. The average molecular weight is 473 g/mol. The fourth-order valence-electron chi connectivity index (χ4n) is 3.59. The third-order valence-corrected chi connectivity index (χ3v) is 5.39. The number of nitrogens with zero attached hydrogens (tertiary/aromatic N) is 4. The molecule has 184 valence electrons. The summed E-state index contributed by atoms with van der Waals surface area (Å²) in [7, 11) is 5.00. The molecule has 0 N–H and O–H groups in total. The molecule has 10 nitrogen and oxygen atoms in total. The molecule has 0 aliphatic carbocycles. The van der Waals surface area contributed by atoms with E-state index in [1.54, 1.807) is 38.8 Å². The van der Waals surface area contributed by atoms with Crippen molar-refractivity contribution in [2.45, 2.75) is 26.9 Å². The Bertz CT molecular complexity index is 1270. The number of hydrogen-bond acceptors (Lipinski definition) is 7. The minimum Gasteiger partial charge on any atom is -0.487 e. The van der Waals surface area contributed by atoms with E-state index in [4.69, 9.17) is 18.9 Å². The lowest BCUT2D eigenvalue weighted by molar-refractivity contribution is 0.132. The van der Waals surface area contributed by atoms with Crippen molar-refractivity contribution >= 4 is 23.3 Å². The van der Waals surface area contributed by atoms with Gasteiger partial charge in [0.05, 0.1) is 13.2 Å². The topological polar surface area (TPSA) is 98.7 Å². The molecule has 0 unspecified atom stereocenters. The number of methoxy groups -OCH3 is 2. The zero-order chi connectivity index (χ0) is 24.7. The van der Waals surface area contributed by atoms with Crippen molar-refractivity contribution in [1.82, 2.24) is 18.7 Å². The van der Waals surface area contributed by atoms with Crippen LogP contribution in [0.4, 0.5) is 0 Å². The highest BCUT2D eigenvalue weighted by atomic mass is 16.5. The van der Waals surface area contributed by atoms with Crippen molar-refractivity contribution < 1.29 is 18.9 Å². The molecule has 0 spiro atoms. The summed E-state index contributed by atoms with van der Waals surface area (Å²) in [5, 5.41) is 0. The lowest BCUT2D eigenvalue weighted by Crippen LogP contribution is -2.39. The van der Waals surface area contributed by atoms with Gasteiger partial charge in [-0.25, -0.2) is 9.78 Å². The molecule has 1 aromatic carbocycles. The van der Waals surface area contributed by atoms with Crippen LogP contribution in [0.25, 0.3) is 23.3 Å². The Kier molecular flexibility index (Phi) is 8.67. The van der Waals surface area contributed by atoms with Gasteiger partial charge in [0.1, 0.15) is 19.0 Å². The van der Waals surface area contributed by atoms with Gasteiger partial charge in [-0.1, -0.05) is 12.1 Å². The van der Waals surface area contributed by atoms with Crippen LogP contribution in [0, 0.1) is 0 Å². The summed E-state index contributed by atoms with van der Waals surface area (Å²) in [5.74, 6) is 1.76. The molecule has 3 rings (SSSR count). The van der Waals surface area contributed by atoms with E-state index in [0.29, 0.717) is 68.0 Å². The van der Waals surface area contributed by atoms with Crippen LogP contribution in [0.1, 0.15) is 25.2 Å². The molecule has 0 fully saturated rings. The predicted octanol–water partition coefficient (Wildman–Crippen LogP) is 2.16. The minimum atomic E-state index is -0.349. The molecule has 2 aromatic heterocycles. The van der Waals surface area contributed by atoms with Crippen molar-refractivity contribution in [3.05, 3.63) is 50.4 Å². The molecule has 0 amide bonds. The van der Waals surface area contributed by atoms with E-state index in [-0.39, 0.29) is 11.2 Å². The Morgan fingerprint density at radius 3 is 2.15 bits per heavy atom. The fourth-order valence-corrected chi connectivity index (χ4v) is 3.59. The van der Waals surface area contributed by atoms with Gasteiger partial charge in [-0.15, -0.1) is 0 Å². The van der Waals surface area contributed by atoms with Gasteiger partial charge in [0.2, 0.25) is 0 Å². The Labute approximate surface area is 198 Å². The number of aryl methyl sites for hydroxylation is 2. The number of ether oxygens (including phenoxy) is 4. The second-order valence-corrected chi connectivity index (χ2v) is 7.50. The van der Waals surface area contributed by atoms with Crippen LogP contribution in [0.5, 0.6) is 11.5 Å². The van der Waals surface area contributed by atoms with Crippen LogP contribution < -0.4 is 20.7 Å². The Balaban J connectivity index is 1.98. The van der Waals surface area contributed by atoms with Crippen molar-refractivity contribution in [3.63, 3.8) is 0 Å². The van der Waals surface area contributed by atoms with Crippen molar-refractivity contribution in [1.29, 1.82) is 0 Å². The summed E-state index contributed by atoms with van der Waals surface area (Å²) >= 11 is 0. The van der Waals surface area contributed by atoms with Gasteiger partial charge in [0, 0.05) is 34.4 Å². The summed E-state index contributed by atoms with van der Waals surface area (Å²) in [6.45, 7) is 6.06. The van der Waals surface area contributed by atoms with Gasteiger partial charge in [0.25, 0.3) is 5.56 Å². The summed E-state index contributed by atoms with van der Waals surface area (Å²) in [6, 6.07) is 5.60. The second-order valence-electron chi connectivity index (χ2n) is 7.50. The van der Waals surface area contributed by atoms with E-state index in [0.717, 1.165) is 5.56 Å². The van der Waals surface area contributed by atoms with Gasteiger partial charge in [-0.3, -0.25) is 13.9 Å². The van der Waals surface area contributed by atoms with E-state index in [1.807, 2.05) is 31.2 Å². The van der Waals surface area contributed by atoms with Gasteiger partial charge in [-0.2, -0.15) is 0 Å². The average Bonchev–Trinajstić information content (AvgIpc) is 3.15. The largest absolute Gasteiger partial charge is 0.487 e. The first-order valence-corrected chi connectivity index (χ1v) is 11.2.